The molecular weight excluding hydrogens is 733 g/mol. The maximum absolute atomic E-state index is 5.30. The van der Waals surface area contributed by atoms with Crippen LogP contribution in [0, 0.1) is 0 Å². The van der Waals surface area contributed by atoms with Crippen molar-refractivity contribution >= 4 is 84.8 Å². The molecule has 0 atom stereocenters. The minimum atomic E-state index is 0.662. The summed E-state index contributed by atoms with van der Waals surface area (Å²) in [4.78, 5) is 15.6. The van der Waals surface area contributed by atoms with Gasteiger partial charge in [-0.2, -0.15) is 0 Å². The van der Waals surface area contributed by atoms with Crippen molar-refractivity contribution in [1.82, 2.24) is 19.5 Å². The van der Waals surface area contributed by atoms with Crippen molar-refractivity contribution in [2.75, 3.05) is 0 Å². The number of para-hydroxylation sites is 2. The smallest absolute Gasteiger partial charge is 0.165 e. The van der Waals surface area contributed by atoms with Crippen LogP contribution in [-0.2, 0) is 0 Å². The zero-order valence-electron chi connectivity index (χ0n) is 30.4. The van der Waals surface area contributed by atoms with Crippen molar-refractivity contribution in [3.8, 4) is 51.0 Å². The van der Waals surface area contributed by atoms with E-state index in [2.05, 4.69) is 168 Å². The Bertz CT molecular complexity index is 3530. The predicted molar refractivity (Wildman–Crippen MR) is 242 cm³/mol. The van der Waals surface area contributed by atoms with Crippen molar-refractivity contribution in [1.29, 1.82) is 0 Å². The van der Waals surface area contributed by atoms with Crippen LogP contribution in [0.4, 0.5) is 0 Å². The summed E-state index contributed by atoms with van der Waals surface area (Å²) in [7, 11) is 0. The van der Waals surface area contributed by atoms with Gasteiger partial charge < -0.3 is 4.57 Å². The Hall–Kier alpha value is -6.99. The van der Waals surface area contributed by atoms with Gasteiger partial charge in [0.1, 0.15) is 0 Å². The predicted octanol–water partition coefficient (Wildman–Crippen LogP) is 14.4. The molecule has 266 valence electrons. The van der Waals surface area contributed by atoms with Crippen molar-refractivity contribution in [3.05, 3.63) is 182 Å². The van der Waals surface area contributed by atoms with Gasteiger partial charge in [0.25, 0.3) is 0 Å². The van der Waals surface area contributed by atoms with E-state index < -0.39 is 0 Å². The first-order valence-corrected chi connectivity index (χ1v) is 20.7. The summed E-state index contributed by atoms with van der Waals surface area (Å²) in [6.07, 6.45) is 0. The number of hydrogen-bond acceptors (Lipinski definition) is 5. The second-order valence-electron chi connectivity index (χ2n) is 14.3. The van der Waals surface area contributed by atoms with Crippen LogP contribution in [0.3, 0.4) is 0 Å². The fraction of sp³-hybridized carbons (Fsp3) is 0. The fourth-order valence-electron chi connectivity index (χ4n) is 8.52. The molecule has 6 heteroatoms. The van der Waals surface area contributed by atoms with Crippen LogP contribution in [0.15, 0.2) is 182 Å². The van der Waals surface area contributed by atoms with E-state index in [-0.39, 0.29) is 0 Å². The second kappa shape index (κ2) is 12.8. The highest BCUT2D eigenvalue weighted by Gasteiger charge is 2.21. The van der Waals surface area contributed by atoms with E-state index in [9.17, 15) is 0 Å². The molecule has 4 nitrogen and oxygen atoms in total. The molecule has 4 heterocycles. The van der Waals surface area contributed by atoms with Gasteiger partial charge in [0.05, 0.1) is 11.0 Å². The number of aromatic nitrogens is 4. The lowest BCUT2D eigenvalue weighted by molar-refractivity contribution is 1.08. The molecule has 0 bridgehead atoms. The number of rotatable bonds is 5. The first-order valence-electron chi connectivity index (χ1n) is 19.0. The van der Waals surface area contributed by atoms with Crippen molar-refractivity contribution in [2.24, 2.45) is 0 Å². The molecule has 0 unspecified atom stereocenters. The Kier molecular flexibility index (Phi) is 7.24. The molecule has 0 saturated carbocycles. The Balaban J connectivity index is 1.06. The lowest BCUT2D eigenvalue weighted by Crippen LogP contribution is -2.00. The van der Waals surface area contributed by atoms with Crippen LogP contribution in [0.25, 0.3) is 113 Å². The van der Waals surface area contributed by atoms with Crippen LogP contribution in [-0.4, -0.2) is 19.5 Å². The van der Waals surface area contributed by atoms with Gasteiger partial charge in [0, 0.05) is 73.5 Å². The molecule has 0 spiro atoms. The standard InChI is InChI=1S/C51H30N4S2/c1-3-14-31(15-4-1)49-52-50(39-23-11-21-37-36-19-8-10-26-44(36)56-47(37)39)54-51(53-49)40-24-12-22-38-46-34(20-13-27-45(46)57-48(38)40)32-28-29-43-41(30-32)35-18-7-9-25-42(35)55(43)33-16-5-2-6-17-33/h1-30H. The Labute approximate surface area is 335 Å². The summed E-state index contributed by atoms with van der Waals surface area (Å²) < 4.78 is 7.20. The van der Waals surface area contributed by atoms with E-state index in [1.54, 1.807) is 22.7 Å². The monoisotopic (exact) mass is 762 g/mol. The summed E-state index contributed by atoms with van der Waals surface area (Å²) in [5, 5.41) is 7.41. The molecule has 0 N–H and O–H groups in total. The number of thiophene rings is 2. The highest BCUT2D eigenvalue weighted by Crippen LogP contribution is 2.45. The van der Waals surface area contributed by atoms with Gasteiger partial charge in [0.15, 0.2) is 17.5 Å². The van der Waals surface area contributed by atoms with Crippen LogP contribution >= 0.6 is 22.7 Å². The molecule has 0 fully saturated rings. The molecule has 0 aliphatic carbocycles. The molecule has 4 aromatic heterocycles. The topological polar surface area (TPSA) is 43.6 Å². The minimum Gasteiger partial charge on any atom is -0.309 e. The first kappa shape index (κ1) is 32.3. The minimum absolute atomic E-state index is 0.662. The third kappa shape index (κ3) is 5.08. The third-order valence-electron chi connectivity index (χ3n) is 11.1. The summed E-state index contributed by atoms with van der Waals surface area (Å²) in [6, 6.07) is 64.8. The number of nitrogens with zero attached hydrogens (tertiary/aromatic N) is 4. The Morgan fingerprint density at radius 1 is 0.351 bits per heavy atom. The highest BCUT2D eigenvalue weighted by molar-refractivity contribution is 7.26. The highest BCUT2D eigenvalue weighted by atomic mass is 32.1. The summed E-state index contributed by atoms with van der Waals surface area (Å²) >= 11 is 3.60. The van der Waals surface area contributed by atoms with Gasteiger partial charge >= 0.3 is 0 Å². The van der Waals surface area contributed by atoms with E-state index in [1.165, 1.54) is 68.6 Å². The molecular formula is C51H30N4S2. The maximum Gasteiger partial charge on any atom is 0.165 e. The molecule has 12 rings (SSSR count). The van der Waals surface area contributed by atoms with Crippen LogP contribution in [0.2, 0.25) is 0 Å². The van der Waals surface area contributed by atoms with Gasteiger partial charge in [-0.3, -0.25) is 0 Å². The molecule has 0 radical (unpaired) electrons. The normalized spacial score (nSPS) is 11.9. The van der Waals surface area contributed by atoms with E-state index >= 15 is 0 Å². The summed E-state index contributed by atoms with van der Waals surface area (Å²) in [5.74, 6) is 2.01. The van der Waals surface area contributed by atoms with E-state index in [0.717, 1.165) is 27.1 Å². The van der Waals surface area contributed by atoms with Gasteiger partial charge in [-0.05, 0) is 65.7 Å². The number of fused-ring (bicyclic) bond motifs is 9. The quantitative estimate of drug-likeness (QED) is 0.175. The van der Waals surface area contributed by atoms with Crippen molar-refractivity contribution in [2.45, 2.75) is 0 Å². The lowest BCUT2D eigenvalue weighted by Gasteiger charge is -2.10. The molecule has 12 aromatic rings. The molecule has 0 saturated heterocycles. The first-order chi connectivity index (χ1) is 28.3. The van der Waals surface area contributed by atoms with E-state index in [4.69, 9.17) is 15.0 Å². The Morgan fingerprint density at radius 3 is 1.72 bits per heavy atom. The molecule has 0 aliphatic rings. The SMILES string of the molecule is c1ccc(-c2nc(-c3cccc4c3sc3ccccc34)nc(-c3cccc4c3sc3cccc(-c5ccc6c(c5)c5ccccc5n6-c5ccccc5)c34)n2)cc1. The van der Waals surface area contributed by atoms with E-state index in [1.807, 2.05) is 18.2 Å². The van der Waals surface area contributed by atoms with E-state index in [0.29, 0.717) is 17.5 Å². The van der Waals surface area contributed by atoms with Gasteiger partial charge in [0.2, 0.25) is 0 Å². The third-order valence-corrected chi connectivity index (χ3v) is 13.5. The number of benzene rings is 8. The van der Waals surface area contributed by atoms with Crippen LogP contribution in [0.5, 0.6) is 0 Å². The second-order valence-corrected chi connectivity index (χ2v) is 16.4. The number of hydrogen-bond donors (Lipinski definition) is 0. The van der Waals surface area contributed by atoms with Gasteiger partial charge in [-0.1, -0.05) is 127 Å². The van der Waals surface area contributed by atoms with Gasteiger partial charge in [-0.15, -0.1) is 22.7 Å². The van der Waals surface area contributed by atoms with Crippen LogP contribution < -0.4 is 0 Å². The van der Waals surface area contributed by atoms with Gasteiger partial charge in [-0.25, -0.2) is 15.0 Å². The molecule has 0 amide bonds. The average molecular weight is 763 g/mol. The zero-order valence-corrected chi connectivity index (χ0v) is 32.1. The summed E-state index contributed by atoms with van der Waals surface area (Å²) in [6.45, 7) is 0. The molecule has 0 aliphatic heterocycles. The largest absolute Gasteiger partial charge is 0.309 e. The zero-order chi connectivity index (χ0) is 37.5. The van der Waals surface area contributed by atoms with Crippen molar-refractivity contribution < 1.29 is 0 Å². The van der Waals surface area contributed by atoms with Crippen molar-refractivity contribution in [3.63, 3.8) is 0 Å². The molecule has 57 heavy (non-hydrogen) atoms. The fourth-order valence-corrected chi connectivity index (χ4v) is 11.0. The average Bonchev–Trinajstić information content (AvgIpc) is 3.96. The maximum atomic E-state index is 5.30. The molecule has 8 aromatic carbocycles. The van der Waals surface area contributed by atoms with Crippen LogP contribution in [0.1, 0.15) is 0 Å². The lowest BCUT2D eigenvalue weighted by atomic mass is 9.97. The Morgan fingerprint density at radius 2 is 0.912 bits per heavy atom. The summed E-state index contributed by atoms with van der Waals surface area (Å²) in [5.41, 5.74) is 8.95.